The number of H-pyrrole nitrogens is 1. The largest absolute Gasteiger partial charge is 0.494 e. The Morgan fingerprint density at radius 1 is 1.13 bits per heavy atom. The molecule has 0 atom stereocenters. The van der Waals surface area contributed by atoms with E-state index in [0.717, 1.165) is 65.1 Å². The van der Waals surface area contributed by atoms with Gasteiger partial charge in [0, 0.05) is 41.3 Å². The van der Waals surface area contributed by atoms with E-state index in [1.165, 1.54) is 0 Å². The average molecular weight is 509 g/mol. The van der Waals surface area contributed by atoms with Gasteiger partial charge in [-0.05, 0) is 68.9 Å². The average Bonchev–Trinajstić information content (AvgIpc) is 3.55. The van der Waals surface area contributed by atoms with Gasteiger partial charge in [0.2, 0.25) is 0 Å². The molecule has 1 saturated carbocycles. The van der Waals surface area contributed by atoms with Crippen LogP contribution >= 0.6 is 0 Å². The number of carbonyl (C=O) groups excluding carboxylic acids is 1. The SMILES string of the molecule is CCOc1cccc(C(=O)NCC2CCC(c3nc(-c4cc5ccccc5[nH]4)c4c(N)nccn34)CC2)c1. The van der Waals surface area contributed by atoms with Gasteiger partial charge >= 0.3 is 0 Å². The van der Waals surface area contributed by atoms with Crippen LogP contribution in [-0.4, -0.2) is 38.4 Å². The standard InChI is InChI=1S/C30H32N6O2/c1-2-38-23-8-5-7-22(16-23)30(37)33-18-19-10-12-20(13-11-19)29-35-26(27-28(31)32-14-15-36(27)29)25-17-21-6-3-4-9-24(21)34-25/h3-9,14-17,19-20,34H,2,10-13,18H2,1H3,(H2,31,32)(H,33,37). The van der Waals surface area contributed by atoms with E-state index in [1.807, 2.05) is 43.5 Å². The minimum absolute atomic E-state index is 0.0566. The van der Waals surface area contributed by atoms with E-state index in [-0.39, 0.29) is 5.91 Å². The second kappa shape index (κ2) is 10.2. The molecule has 8 heteroatoms. The van der Waals surface area contributed by atoms with Crippen molar-refractivity contribution in [2.24, 2.45) is 5.92 Å². The van der Waals surface area contributed by atoms with Gasteiger partial charge in [-0.15, -0.1) is 0 Å². The summed E-state index contributed by atoms with van der Waals surface area (Å²) in [4.78, 5) is 25.7. The second-order valence-electron chi connectivity index (χ2n) is 10.0. The van der Waals surface area contributed by atoms with E-state index in [1.54, 1.807) is 12.3 Å². The van der Waals surface area contributed by atoms with Gasteiger partial charge in [0.05, 0.1) is 12.3 Å². The number of hydrogen-bond acceptors (Lipinski definition) is 5. The molecule has 0 saturated heterocycles. The van der Waals surface area contributed by atoms with Crippen molar-refractivity contribution in [3.63, 3.8) is 0 Å². The van der Waals surface area contributed by atoms with Gasteiger partial charge in [-0.25, -0.2) is 9.97 Å². The number of fused-ring (bicyclic) bond motifs is 2. The van der Waals surface area contributed by atoms with Crippen molar-refractivity contribution in [1.82, 2.24) is 24.7 Å². The molecular formula is C30H32N6O2. The van der Waals surface area contributed by atoms with Crippen LogP contribution in [0.25, 0.3) is 27.8 Å². The number of ether oxygens (including phenoxy) is 1. The zero-order chi connectivity index (χ0) is 26.1. The summed E-state index contributed by atoms with van der Waals surface area (Å²) >= 11 is 0. The maximum absolute atomic E-state index is 12.7. The highest BCUT2D eigenvalue weighted by atomic mass is 16.5. The Morgan fingerprint density at radius 2 is 1.97 bits per heavy atom. The summed E-state index contributed by atoms with van der Waals surface area (Å²) in [6, 6.07) is 17.7. The molecule has 1 amide bonds. The van der Waals surface area contributed by atoms with Gasteiger partial charge in [-0.1, -0.05) is 24.3 Å². The molecule has 0 aliphatic heterocycles. The van der Waals surface area contributed by atoms with Crippen molar-refractivity contribution in [2.75, 3.05) is 18.9 Å². The van der Waals surface area contributed by atoms with E-state index in [9.17, 15) is 4.79 Å². The maximum Gasteiger partial charge on any atom is 0.251 e. The molecule has 0 spiro atoms. The molecule has 2 aromatic carbocycles. The van der Waals surface area contributed by atoms with Crippen molar-refractivity contribution in [3.05, 3.63) is 78.4 Å². The number of para-hydroxylation sites is 1. The van der Waals surface area contributed by atoms with Crippen LogP contribution in [0.15, 0.2) is 67.0 Å². The molecule has 6 rings (SSSR count). The van der Waals surface area contributed by atoms with Crippen LogP contribution in [-0.2, 0) is 0 Å². The summed E-state index contributed by atoms with van der Waals surface area (Å²) in [5.41, 5.74) is 10.7. The van der Waals surface area contributed by atoms with E-state index in [2.05, 4.69) is 37.9 Å². The summed E-state index contributed by atoms with van der Waals surface area (Å²) < 4.78 is 7.64. The van der Waals surface area contributed by atoms with Crippen molar-refractivity contribution < 1.29 is 9.53 Å². The zero-order valence-corrected chi connectivity index (χ0v) is 21.5. The quantitative estimate of drug-likeness (QED) is 0.266. The highest BCUT2D eigenvalue weighted by Crippen LogP contribution is 2.38. The van der Waals surface area contributed by atoms with Crippen molar-refractivity contribution in [3.8, 4) is 17.1 Å². The van der Waals surface area contributed by atoms with Gasteiger partial charge in [0.25, 0.3) is 5.91 Å². The number of imidazole rings is 1. The number of nitrogens with zero attached hydrogens (tertiary/aromatic N) is 3. The highest BCUT2D eigenvalue weighted by Gasteiger charge is 2.28. The molecule has 0 radical (unpaired) electrons. The Morgan fingerprint density at radius 3 is 2.79 bits per heavy atom. The predicted molar refractivity (Wildman–Crippen MR) is 149 cm³/mol. The first-order chi connectivity index (χ1) is 18.6. The third kappa shape index (κ3) is 4.58. The summed E-state index contributed by atoms with van der Waals surface area (Å²) in [7, 11) is 0. The summed E-state index contributed by atoms with van der Waals surface area (Å²) in [6.45, 7) is 3.18. The van der Waals surface area contributed by atoms with Crippen molar-refractivity contribution >= 4 is 28.1 Å². The van der Waals surface area contributed by atoms with E-state index >= 15 is 0 Å². The Kier molecular flexibility index (Phi) is 6.45. The minimum atomic E-state index is -0.0566. The summed E-state index contributed by atoms with van der Waals surface area (Å²) in [5.74, 6) is 2.92. The smallest absolute Gasteiger partial charge is 0.251 e. The fraction of sp³-hybridized carbons (Fsp3) is 0.300. The van der Waals surface area contributed by atoms with Crippen molar-refractivity contribution in [2.45, 2.75) is 38.5 Å². The lowest BCUT2D eigenvalue weighted by Gasteiger charge is -2.28. The monoisotopic (exact) mass is 508 g/mol. The zero-order valence-electron chi connectivity index (χ0n) is 21.5. The number of anilines is 1. The Hall–Kier alpha value is -4.33. The molecule has 5 aromatic rings. The number of nitrogens with two attached hydrogens (primary N) is 1. The number of benzene rings is 2. The fourth-order valence-corrected chi connectivity index (χ4v) is 5.62. The normalized spacial score (nSPS) is 17.6. The Balaban J connectivity index is 1.16. The first-order valence-electron chi connectivity index (χ1n) is 13.3. The van der Waals surface area contributed by atoms with Crippen LogP contribution in [0.1, 0.15) is 54.7 Å². The lowest BCUT2D eigenvalue weighted by molar-refractivity contribution is 0.0942. The summed E-state index contributed by atoms with van der Waals surface area (Å²) in [5, 5.41) is 4.26. The molecule has 1 aliphatic carbocycles. The van der Waals surface area contributed by atoms with Gasteiger partial charge < -0.3 is 20.8 Å². The van der Waals surface area contributed by atoms with Crippen LogP contribution in [0.2, 0.25) is 0 Å². The van der Waals surface area contributed by atoms with Gasteiger partial charge in [-0.2, -0.15) is 0 Å². The van der Waals surface area contributed by atoms with Gasteiger partial charge in [0.1, 0.15) is 28.6 Å². The number of hydrogen-bond donors (Lipinski definition) is 3. The third-order valence-corrected chi connectivity index (χ3v) is 7.57. The lowest BCUT2D eigenvalue weighted by Crippen LogP contribution is -2.31. The number of carbonyl (C=O) groups is 1. The predicted octanol–water partition coefficient (Wildman–Crippen LogP) is 5.56. The maximum atomic E-state index is 12.7. The van der Waals surface area contributed by atoms with Crippen molar-refractivity contribution in [1.29, 1.82) is 0 Å². The minimum Gasteiger partial charge on any atom is -0.494 e. The van der Waals surface area contributed by atoms with Crippen LogP contribution in [0.5, 0.6) is 5.75 Å². The molecule has 8 nitrogen and oxygen atoms in total. The molecule has 0 unspecified atom stereocenters. The molecule has 3 aromatic heterocycles. The van der Waals surface area contributed by atoms with Crippen LogP contribution in [0, 0.1) is 5.92 Å². The van der Waals surface area contributed by atoms with Crippen LogP contribution < -0.4 is 15.8 Å². The molecule has 1 fully saturated rings. The van der Waals surface area contributed by atoms with Crippen LogP contribution in [0.4, 0.5) is 5.82 Å². The number of nitrogen functional groups attached to an aromatic ring is 1. The molecule has 38 heavy (non-hydrogen) atoms. The Labute approximate surface area is 221 Å². The molecule has 4 N–H and O–H groups in total. The highest BCUT2D eigenvalue weighted by molar-refractivity contribution is 5.94. The van der Waals surface area contributed by atoms with Crippen LogP contribution in [0.3, 0.4) is 0 Å². The first kappa shape index (κ1) is 24.0. The molecular weight excluding hydrogens is 476 g/mol. The summed E-state index contributed by atoms with van der Waals surface area (Å²) in [6.07, 6.45) is 7.77. The third-order valence-electron chi connectivity index (χ3n) is 7.57. The first-order valence-corrected chi connectivity index (χ1v) is 13.3. The van der Waals surface area contributed by atoms with E-state index < -0.39 is 0 Å². The van der Waals surface area contributed by atoms with E-state index in [4.69, 9.17) is 15.5 Å². The number of rotatable bonds is 7. The molecule has 3 heterocycles. The van der Waals surface area contributed by atoms with Gasteiger partial charge in [0.15, 0.2) is 0 Å². The second-order valence-corrected chi connectivity index (χ2v) is 10.0. The Bertz CT molecular complexity index is 1560. The number of nitrogens with one attached hydrogen (secondary N) is 2. The van der Waals surface area contributed by atoms with E-state index in [0.29, 0.717) is 36.4 Å². The molecule has 0 bridgehead atoms. The number of amides is 1. The number of aromatic amines is 1. The topological polar surface area (TPSA) is 110 Å². The lowest BCUT2D eigenvalue weighted by atomic mass is 9.81. The molecule has 194 valence electrons. The fourth-order valence-electron chi connectivity index (χ4n) is 5.62. The van der Waals surface area contributed by atoms with Gasteiger partial charge in [-0.3, -0.25) is 9.20 Å². The number of aromatic nitrogens is 4. The molecule has 1 aliphatic rings.